The van der Waals surface area contributed by atoms with Gasteiger partial charge in [0.05, 0.1) is 6.04 Å². The van der Waals surface area contributed by atoms with Crippen molar-refractivity contribution < 1.29 is 8.78 Å². The highest BCUT2D eigenvalue weighted by Crippen LogP contribution is 2.37. The molecule has 1 heterocycles. The fourth-order valence-electron chi connectivity index (χ4n) is 2.22. The lowest BCUT2D eigenvalue weighted by Crippen LogP contribution is -2.47. The number of alkyl halides is 2. The molecular weight excluding hydrogens is 281 g/mol. The zero-order valence-corrected chi connectivity index (χ0v) is 11.2. The molecule has 1 aromatic carbocycles. The van der Waals surface area contributed by atoms with Gasteiger partial charge in [-0.25, -0.2) is 8.78 Å². The molecule has 1 aromatic rings. The van der Waals surface area contributed by atoms with Crippen LogP contribution in [-0.4, -0.2) is 37.5 Å². The molecule has 6 heteroatoms. The first-order valence-corrected chi connectivity index (χ1v) is 6.53. The summed E-state index contributed by atoms with van der Waals surface area (Å²) >= 11 is 12.1. The Balaban J connectivity index is 2.34. The Kier molecular flexibility index (Phi) is 4.78. The van der Waals surface area contributed by atoms with Gasteiger partial charge in [0.15, 0.2) is 0 Å². The van der Waals surface area contributed by atoms with Crippen molar-refractivity contribution in [3.63, 3.8) is 0 Å². The van der Waals surface area contributed by atoms with Crippen LogP contribution in [0.1, 0.15) is 11.6 Å². The van der Waals surface area contributed by atoms with Gasteiger partial charge in [0.25, 0.3) is 6.43 Å². The summed E-state index contributed by atoms with van der Waals surface area (Å²) in [7, 11) is 0. The predicted octanol–water partition coefficient (Wildman–Crippen LogP) is 3.20. The van der Waals surface area contributed by atoms with E-state index in [0.717, 1.165) is 0 Å². The van der Waals surface area contributed by atoms with Crippen molar-refractivity contribution >= 4 is 23.2 Å². The standard InChI is InChI=1S/C12H14Cl2F2N2/c13-8-2-1-3-9(14)10(8)11(12(15)16)18-6-4-17-5-7-18/h1-3,11-12,17H,4-7H2/t11-/m1/s1. The van der Waals surface area contributed by atoms with Crippen LogP contribution in [-0.2, 0) is 0 Å². The molecule has 0 aromatic heterocycles. The third-order valence-corrected chi connectivity index (χ3v) is 3.74. The summed E-state index contributed by atoms with van der Waals surface area (Å²) in [6.07, 6.45) is -2.51. The van der Waals surface area contributed by atoms with E-state index >= 15 is 0 Å². The molecule has 18 heavy (non-hydrogen) atoms. The molecule has 0 spiro atoms. The van der Waals surface area contributed by atoms with E-state index in [1.807, 2.05) is 0 Å². The highest BCUT2D eigenvalue weighted by Gasteiger charge is 2.33. The molecule has 1 aliphatic heterocycles. The number of hydrogen-bond acceptors (Lipinski definition) is 2. The van der Waals surface area contributed by atoms with Crippen molar-refractivity contribution in [2.75, 3.05) is 26.2 Å². The molecule has 1 aliphatic rings. The Morgan fingerprint density at radius 2 is 1.67 bits per heavy atom. The van der Waals surface area contributed by atoms with Crippen LogP contribution in [0.3, 0.4) is 0 Å². The average Bonchev–Trinajstić information content (AvgIpc) is 2.34. The van der Waals surface area contributed by atoms with Crippen LogP contribution in [0.4, 0.5) is 8.78 Å². The van der Waals surface area contributed by atoms with Crippen molar-refractivity contribution in [3.05, 3.63) is 33.8 Å². The number of hydrogen-bond donors (Lipinski definition) is 1. The van der Waals surface area contributed by atoms with Crippen molar-refractivity contribution in [2.45, 2.75) is 12.5 Å². The molecule has 2 nitrogen and oxygen atoms in total. The molecule has 0 amide bonds. The number of piperazine rings is 1. The summed E-state index contributed by atoms with van der Waals surface area (Å²) in [6, 6.07) is 3.82. The number of rotatable bonds is 3. The van der Waals surface area contributed by atoms with Gasteiger partial charge in [0.1, 0.15) is 0 Å². The summed E-state index contributed by atoms with van der Waals surface area (Å²) in [6.45, 7) is 2.53. The summed E-state index contributed by atoms with van der Waals surface area (Å²) in [5.74, 6) is 0. The van der Waals surface area contributed by atoms with Crippen molar-refractivity contribution in [3.8, 4) is 0 Å². The van der Waals surface area contributed by atoms with E-state index in [4.69, 9.17) is 23.2 Å². The van der Waals surface area contributed by atoms with Crippen LogP contribution in [0, 0.1) is 0 Å². The number of nitrogens with zero attached hydrogens (tertiary/aromatic N) is 1. The van der Waals surface area contributed by atoms with E-state index in [1.54, 1.807) is 23.1 Å². The quantitative estimate of drug-likeness (QED) is 0.921. The molecule has 100 valence electrons. The van der Waals surface area contributed by atoms with Crippen LogP contribution in [0.2, 0.25) is 10.0 Å². The Morgan fingerprint density at radius 3 is 2.17 bits per heavy atom. The SMILES string of the molecule is FC(F)[C@@H](c1c(Cl)cccc1Cl)N1CCNCC1. The smallest absolute Gasteiger partial charge is 0.258 e. The number of benzene rings is 1. The molecule has 0 unspecified atom stereocenters. The van der Waals surface area contributed by atoms with Gasteiger partial charge in [-0.1, -0.05) is 29.3 Å². The second-order valence-corrected chi connectivity index (χ2v) is 5.01. The molecule has 2 rings (SSSR count). The lowest BCUT2D eigenvalue weighted by atomic mass is 10.0. The normalized spacial score (nSPS) is 19.2. The number of nitrogens with one attached hydrogen (secondary N) is 1. The van der Waals surface area contributed by atoms with E-state index in [0.29, 0.717) is 41.8 Å². The third-order valence-electron chi connectivity index (χ3n) is 3.08. The Hall–Kier alpha value is -0.420. The molecule has 1 atom stereocenters. The van der Waals surface area contributed by atoms with Crippen LogP contribution < -0.4 is 5.32 Å². The predicted molar refractivity (Wildman–Crippen MR) is 69.6 cm³/mol. The fraction of sp³-hybridized carbons (Fsp3) is 0.500. The molecule has 0 saturated carbocycles. The molecule has 1 fully saturated rings. The molecule has 0 aliphatic carbocycles. The highest BCUT2D eigenvalue weighted by atomic mass is 35.5. The molecule has 0 bridgehead atoms. The molecule has 0 radical (unpaired) electrons. The molecule has 1 saturated heterocycles. The topological polar surface area (TPSA) is 15.3 Å². The largest absolute Gasteiger partial charge is 0.314 e. The Labute approximate surface area is 115 Å². The summed E-state index contributed by atoms with van der Waals surface area (Å²) in [5.41, 5.74) is 0.331. The van der Waals surface area contributed by atoms with Gasteiger partial charge in [-0.2, -0.15) is 0 Å². The summed E-state index contributed by atoms with van der Waals surface area (Å²) in [5, 5.41) is 3.73. The lowest BCUT2D eigenvalue weighted by molar-refractivity contribution is 0.0182. The second-order valence-electron chi connectivity index (χ2n) is 4.20. The van der Waals surface area contributed by atoms with E-state index in [-0.39, 0.29) is 0 Å². The van der Waals surface area contributed by atoms with E-state index in [2.05, 4.69) is 5.32 Å². The minimum Gasteiger partial charge on any atom is -0.314 e. The maximum atomic E-state index is 13.4. The zero-order valence-electron chi connectivity index (χ0n) is 9.67. The van der Waals surface area contributed by atoms with Crippen LogP contribution in [0.15, 0.2) is 18.2 Å². The fourth-order valence-corrected chi connectivity index (χ4v) is 2.84. The maximum Gasteiger partial charge on any atom is 0.258 e. The molecule has 1 N–H and O–H groups in total. The maximum absolute atomic E-state index is 13.4. The third kappa shape index (κ3) is 2.94. The van der Waals surface area contributed by atoms with Crippen molar-refractivity contribution in [1.82, 2.24) is 10.2 Å². The minimum atomic E-state index is -2.51. The van der Waals surface area contributed by atoms with Gasteiger partial charge >= 0.3 is 0 Å². The Morgan fingerprint density at radius 1 is 1.11 bits per heavy atom. The lowest BCUT2D eigenvalue weighted by Gasteiger charge is -2.35. The van der Waals surface area contributed by atoms with Gasteiger partial charge in [-0.05, 0) is 12.1 Å². The second kappa shape index (κ2) is 6.15. The first-order valence-electron chi connectivity index (χ1n) is 5.78. The van der Waals surface area contributed by atoms with Gasteiger partial charge in [-0.3, -0.25) is 4.90 Å². The summed E-state index contributed by atoms with van der Waals surface area (Å²) < 4.78 is 26.7. The molecular formula is C12H14Cl2F2N2. The monoisotopic (exact) mass is 294 g/mol. The van der Waals surface area contributed by atoms with Gasteiger partial charge in [0, 0.05) is 41.8 Å². The first-order chi connectivity index (χ1) is 8.61. The van der Waals surface area contributed by atoms with E-state index < -0.39 is 12.5 Å². The van der Waals surface area contributed by atoms with Crippen molar-refractivity contribution in [1.29, 1.82) is 0 Å². The highest BCUT2D eigenvalue weighted by molar-refractivity contribution is 6.36. The zero-order chi connectivity index (χ0) is 13.1. The van der Waals surface area contributed by atoms with Gasteiger partial charge in [0.2, 0.25) is 0 Å². The number of halogens is 4. The minimum absolute atomic E-state index is 0.298. The van der Waals surface area contributed by atoms with Gasteiger partial charge in [-0.15, -0.1) is 0 Å². The average molecular weight is 295 g/mol. The van der Waals surface area contributed by atoms with Crippen LogP contribution in [0.5, 0.6) is 0 Å². The van der Waals surface area contributed by atoms with E-state index in [1.165, 1.54) is 0 Å². The van der Waals surface area contributed by atoms with Crippen LogP contribution in [0.25, 0.3) is 0 Å². The van der Waals surface area contributed by atoms with E-state index in [9.17, 15) is 8.78 Å². The van der Waals surface area contributed by atoms with Crippen LogP contribution >= 0.6 is 23.2 Å². The Bertz CT molecular complexity index is 389. The van der Waals surface area contributed by atoms with Gasteiger partial charge < -0.3 is 5.32 Å². The first kappa shape index (κ1) is 14.0. The summed E-state index contributed by atoms with van der Waals surface area (Å²) in [4.78, 5) is 1.73. The van der Waals surface area contributed by atoms with Crippen molar-refractivity contribution in [2.24, 2.45) is 0 Å².